The van der Waals surface area contributed by atoms with Crippen LogP contribution in [0.4, 0.5) is 8.78 Å². The van der Waals surface area contributed by atoms with Crippen molar-refractivity contribution in [3.8, 4) is 0 Å². The summed E-state index contributed by atoms with van der Waals surface area (Å²) in [6.45, 7) is 0. The van der Waals surface area contributed by atoms with Crippen molar-refractivity contribution in [1.82, 2.24) is 5.32 Å². The number of sulfone groups is 1. The van der Waals surface area contributed by atoms with E-state index in [0.29, 0.717) is 12.8 Å². The second-order valence-corrected chi connectivity index (χ2v) is 7.39. The lowest BCUT2D eigenvalue weighted by atomic mass is 10.0. The molecule has 0 radical (unpaired) electrons. The standard InChI is InChI=1S/C15H17F2NO5S/c1-23-14(20)11-3-2-4-12(11)18-13(19)9-5-7-10(8-6-9)24(21,22)15(16)17/h5-8,11-12,15H,2-4H2,1H3,(H,18,19). The van der Waals surface area contributed by atoms with E-state index in [0.717, 1.165) is 30.7 Å². The molecule has 1 N–H and O–H groups in total. The molecule has 0 aliphatic heterocycles. The Balaban J connectivity index is 2.09. The number of halogens is 2. The first-order valence-corrected chi connectivity index (χ1v) is 8.83. The van der Waals surface area contributed by atoms with Crippen LogP contribution in [0.15, 0.2) is 29.2 Å². The molecule has 1 aliphatic carbocycles. The van der Waals surface area contributed by atoms with Gasteiger partial charge in [0, 0.05) is 11.6 Å². The Kier molecular flexibility index (Phi) is 5.53. The molecule has 1 aromatic carbocycles. The molecule has 2 atom stereocenters. The maximum Gasteiger partial charge on any atom is 0.341 e. The zero-order valence-corrected chi connectivity index (χ0v) is 13.7. The number of rotatable bonds is 5. The third kappa shape index (κ3) is 3.72. The number of alkyl halides is 2. The fraction of sp³-hybridized carbons (Fsp3) is 0.467. The first-order chi connectivity index (χ1) is 11.3. The van der Waals surface area contributed by atoms with Crippen LogP contribution in [0.2, 0.25) is 0 Å². The molecule has 0 heterocycles. The van der Waals surface area contributed by atoms with Crippen molar-refractivity contribution >= 4 is 21.7 Å². The topological polar surface area (TPSA) is 89.5 Å². The van der Waals surface area contributed by atoms with Crippen molar-refractivity contribution < 1.29 is 31.5 Å². The normalized spacial score (nSPS) is 20.8. The highest BCUT2D eigenvalue weighted by atomic mass is 32.2. The molecule has 2 unspecified atom stereocenters. The van der Waals surface area contributed by atoms with E-state index < -0.39 is 38.3 Å². The fourth-order valence-electron chi connectivity index (χ4n) is 2.72. The van der Waals surface area contributed by atoms with E-state index in [1.807, 2.05) is 0 Å². The average molecular weight is 361 g/mol. The second kappa shape index (κ2) is 7.25. The summed E-state index contributed by atoms with van der Waals surface area (Å²) >= 11 is 0. The lowest BCUT2D eigenvalue weighted by Gasteiger charge is -2.19. The summed E-state index contributed by atoms with van der Waals surface area (Å²) in [5.74, 6) is -4.83. The molecule has 1 saturated carbocycles. The van der Waals surface area contributed by atoms with E-state index in [9.17, 15) is 26.8 Å². The van der Waals surface area contributed by atoms with Crippen molar-refractivity contribution in [2.45, 2.75) is 36.0 Å². The lowest BCUT2D eigenvalue weighted by Crippen LogP contribution is -2.40. The largest absolute Gasteiger partial charge is 0.469 e. The number of ether oxygens (including phenoxy) is 1. The Morgan fingerprint density at radius 3 is 2.38 bits per heavy atom. The first kappa shape index (κ1) is 18.3. The molecule has 9 heteroatoms. The van der Waals surface area contributed by atoms with Crippen LogP contribution in [0.3, 0.4) is 0 Å². The van der Waals surface area contributed by atoms with Crippen molar-refractivity contribution in [1.29, 1.82) is 0 Å². The summed E-state index contributed by atoms with van der Waals surface area (Å²) in [6.07, 6.45) is 2.02. The molecule has 0 spiro atoms. The van der Waals surface area contributed by atoms with Gasteiger partial charge in [-0.1, -0.05) is 6.42 Å². The maximum atomic E-state index is 12.5. The first-order valence-electron chi connectivity index (χ1n) is 7.28. The zero-order valence-electron chi connectivity index (χ0n) is 12.9. The van der Waals surface area contributed by atoms with Crippen LogP contribution in [0, 0.1) is 5.92 Å². The van der Waals surface area contributed by atoms with Crippen LogP contribution < -0.4 is 5.32 Å². The minimum absolute atomic E-state index is 0.124. The molecule has 1 aromatic rings. The number of esters is 1. The molecular weight excluding hydrogens is 344 g/mol. The molecule has 132 valence electrons. The van der Waals surface area contributed by atoms with E-state index in [-0.39, 0.29) is 11.6 Å². The minimum Gasteiger partial charge on any atom is -0.469 e. The van der Waals surface area contributed by atoms with Gasteiger partial charge in [0.2, 0.25) is 9.84 Å². The molecule has 1 fully saturated rings. The van der Waals surface area contributed by atoms with Gasteiger partial charge >= 0.3 is 11.7 Å². The summed E-state index contributed by atoms with van der Waals surface area (Å²) < 4.78 is 52.3. The maximum absolute atomic E-state index is 12.5. The fourth-order valence-corrected chi connectivity index (χ4v) is 3.44. The third-order valence-electron chi connectivity index (χ3n) is 4.02. The number of benzene rings is 1. The third-order valence-corrected chi connectivity index (χ3v) is 5.41. The van der Waals surface area contributed by atoms with Crippen molar-refractivity contribution in [2.24, 2.45) is 5.92 Å². The summed E-state index contributed by atoms with van der Waals surface area (Å²) in [4.78, 5) is 23.3. The highest BCUT2D eigenvalue weighted by Gasteiger charge is 2.35. The smallest absolute Gasteiger partial charge is 0.341 e. The number of amides is 1. The summed E-state index contributed by atoms with van der Waals surface area (Å²) in [6, 6.07) is 3.87. The zero-order chi connectivity index (χ0) is 17.9. The van der Waals surface area contributed by atoms with Crippen LogP contribution in [0.25, 0.3) is 0 Å². The van der Waals surface area contributed by atoms with Crippen LogP contribution in [-0.2, 0) is 19.4 Å². The van der Waals surface area contributed by atoms with Gasteiger partial charge in [0.25, 0.3) is 5.91 Å². The van der Waals surface area contributed by atoms with E-state index in [2.05, 4.69) is 5.32 Å². The van der Waals surface area contributed by atoms with Crippen LogP contribution in [0.5, 0.6) is 0 Å². The lowest BCUT2D eigenvalue weighted by molar-refractivity contribution is -0.145. The number of carbonyl (C=O) groups is 2. The number of hydrogen-bond donors (Lipinski definition) is 1. The molecule has 24 heavy (non-hydrogen) atoms. The van der Waals surface area contributed by atoms with E-state index in [1.54, 1.807) is 0 Å². The van der Waals surface area contributed by atoms with Gasteiger partial charge in [-0.15, -0.1) is 0 Å². The highest BCUT2D eigenvalue weighted by Crippen LogP contribution is 2.27. The number of hydrogen-bond acceptors (Lipinski definition) is 5. The number of methoxy groups -OCH3 is 1. The Morgan fingerprint density at radius 2 is 1.83 bits per heavy atom. The molecule has 0 saturated heterocycles. The van der Waals surface area contributed by atoms with Gasteiger partial charge in [-0.2, -0.15) is 8.78 Å². The highest BCUT2D eigenvalue weighted by molar-refractivity contribution is 7.91. The van der Waals surface area contributed by atoms with Gasteiger partial charge in [0.05, 0.1) is 17.9 Å². The second-order valence-electron chi connectivity index (χ2n) is 5.47. The molecule has 0 bridgehead atoms. The van der Waals surface area contributed by atoms with Crippen LogP contribution in [-0.4, -0.2) is 39.2 Å². The Morgan fingerprint density at radius 1 is 1.21 bits per heavy atom. The van der Waals surface area contributed by atoms with Crippen LogP contribution in [0.1, 0.15) is 29.6 Å². The number of nitrogens with one attached hydrogen (secondary N) is 1. The predicted octanol–water partition coefficient (Wildman–Crippen LogP) is 1.75. The average Bonchev–Trinajstić information content (AvgIpc) is 3.02. The van der Waals surface area contributed by atoms with Crippen molar-refractivity contribution in [3.63, 3.8) is 0 Å². The van der Waals surface area contributed by atoms with E-state index in [4.69, 9.17) is 4.74 Å². The van der Waals surface area contributed by atoms with Gasteiger partial charge < -0.3 is 10.1 Å². The SMILES string of the molecule is COC(=O)C1CCCC1NC(=O)c1ccc(S(=O)(=O)C(F)F)cc1. The molecular formula is C15H17F2NO5S. The predicted molar refractivity (Wildman–Crippen MR) is 80.2 cm³/mol. The molecule has 0 aromatic heterocycles. The van der Waals surface area contributed by atoms with Crippen LogP contribution >= 0.6 is 0 Å². The summed E-state index contributed by atoms with van der Waals surface area (Å²) in [5.41, 5.74) is 0.124. The van der Waals surface area contributed by atoms with Gasteiger partial charge in [-0.05, 0) is 37.1 Å². The minimum atomic E-state index is -4.69. The van der Waals surface area contributed by atoms with Gasteiger partial charge in [-0.3, -0.25) is 9.59 Å². The van der Waals surface area contributed by atoms with Crippen molar-refractivity contribution in [3.05, 3.63) is 29.8 Å². The molecule has 6 nitrogen and oxygen atoms in total. The monoisotopic (exact) mass is 361 g/mol. The van der Waals surface area contributed by atoms with Crippen molar-refractivity contribution in [2.75, 3.05) is 7.11 Å². The number of carbonyl (C=O) groups excluding carboxylic acids is 2. The Hall–Kier alpha value is -2.03. The van der Waals surface area contributed by atoms with Gasteiger partial charge in [0.1, 0.15) is 0 Å². The molecule has 1 aliphatic rings. The molecule has 2 rings (SSSR count). The Labute approximate surface area is 138 Å². The van der Waals surface area contributed by atoms with E-state index >= 15 is 0 Å². The summed E-state index contributed by atoms with van der Waals surface area (Å²) in [7, 11) is -3.41. The van der Waals surface area contributed by atoms with Gasteiger partial charge in [0.15, 0.2) is 0 Å². The quantitative estimate of drug-likeness (QED) is 0.807. The Bertz CT molecular complexity index is 718. The summed E-state index contributed by atoms with van der Waals surface area (Å²) in [5, 5.41) is 2.70. The molecule has 1 amide bonds. The van der Waals surface area contributed by atoms with E-state index in [1.165, 1.54) is 7.11 Å². The van der Waals surface area contributed by atoms with Gasteiger partial charge in [-0.25, -0.2) is 8.42 Å².